The molecule has 0 unspecified atom stereocenters. The summed E-state index contributed by atoms with van der Waals surface area (Å²) in [6.45, 7) is 1.38. The number of rotatable bonds is 7. The molecule has 134 valence electrons. The van der Waals surface area contributed by atoms with Crippen LogP contribution in [-0.4, -0.2) is 29.0 Å². The summed E-state index contributed by atoms with van der Waals surface area (Å²) >= 11 is 5.81. The van der Waals surface area contributed by atoms with Crippen LogP contribution in [0, 0.1) is 0 Å². The lowest BCUT2D eigenvalue weighted by atomic mass is 10.2. The second kappa shape index (κ2) is 8.92. The molecule has 7 heteroatoms. The summed E-state index contributed by atoms with van der Waals surface area (Å²) in [4.78, 5) is 11.9. The highest BCUT2D eigenvalue weighted by molar-refractivity contribution is 6.30. The lowest BCUT2D eigenvalue weighted by Crippen LogP contribution is -2.32. The van der Waals surface area contributed by atoms with Crippen molar-refractivity contribution in [3.05, 3.63) is 77.4 Å². The molecule has 0 saturated carbocycles. The number of halogens is 1. The number of nitrogens with zero attached hydrogens (tertiary/aromatic N) is 2. The van der Waals surface area contributed by atoms with Gasteiger partial charge in [0.05, 0.1) is 13.1 Å². The van der Waals surface area contributed by atoms with Gasteiger partial charge in [0.2, 0.25) is 0 Å². The molecule has 2 amide bonds. The Bertz CT molecular complexity index is 834. The molecule has 1 aromatic heterocycles. The van der Waals surface area contributed by atoms with Crippen molar-refractivity contribution in [2.24, 2.45) is 0 Å². The molecule has 6 nitrogen and oxygen atoms in total. The third-order valence-electron chi connectivity index (χ3n) is 3.54. The van der Waals surface area contributed by atoms with Gasteiger partial charge in [-0.05, 0) is 29.8 Å². The van der Waals surface area contributed by atoms with E-state index in [4.69, 9.17) is 16.3 Å². The minimum Gasteiger partial charge on any atom is -0.492 e. The minimum atomic E-state index is -0.324. The molecule has 2 N–H and O–H groups in total. The largest absolute Gasteiger partial charge is 0.492 e. The Kier molecular flexibility index (Phi) is 6.11. The lowest BCUT2D eigenvalue weighted by Gasteiger charge is -2.08. The number of hydrogen-bond donors (Lipinski definition) is 2. The summed E-state index contributed by atoms with van der Waals surface area (Å²) in [6.07, 6.45) is 1.83. The fraction of sp³-hybridized carbons (Fsp3) is 0.158. The summed E-state index contributed by atoms with van der Waals surface area (Å²) in [5.41, 5.74) is 1.14. The summed E-state index contributed by atoms with van der Waals surface area (Å²) in [7, 11) is 0. The summed E-state index contributed by atoms with van der Waals surface area (Å²) < 4.78 is 7.28. The topological polar surface area (TPSA) is 68.2 Å². The molecule has 3 rings (SSSR count). The van der Waals surface area contributed by atoms with Crippen molar-refractivity contribution < 1.29 is 9.53 Å². The second-order valence-electron chi connectivity index (χ2n) is 5.57. The van der Waals surface area contributed by atoms with E-state index in [0.717, 1.165) is 5.56 Å². The number of urea groups is 1. The van der Waals surface area contributed by atoms with Gasteiger partial charge in [0.25, 0.3) is 0 Å². The molecule has 0 aliphatic rings. The molecule has 0 spiro atoms. The van der Waals surface area contributed by atoms with Crippen LogP contribution in [-0.2, 0) is 6.54 Å². The van der Waals surface area contributed by atoms with Gasteiger partial charge in [-0.25, -0.2) is 4.79 Å². The predicted molar refractivity (Wildman–Crippen MR) is 102 cm³/mol. The van der Waals surface area contributed by atoms with Gasteiger partial charge in [0, 0.05) is 17.3 Å². The molecule has 0 bridgehead atoms. The van der Waals surface area contributed by atoms with E-state index in [0.29, 0.717) is 36.3 Å². The Labute approximate surface area is 156 Å². The van der Waals surface area contributed by atoms with Crippen molar-refractivity contribution in [2.75, 3.05) is 18.5 Å². The van der Waals surface area contributed by atoms with Crippen LogP contribution in [0.5, 0.6) is 5.75 Å². The smallest absolute Gasteiger partial charge is 0.320 e. The molecule has 2 aromatic carbocycles. The van der Waals surface area contributed by atoms with Gasteiger partial charge < -0.3 is 10.1 Å². The Balaban J connectivity index is 1.39. The average Bonchev–Trinajstić information content (AvgIpc) is 3.08. The van der Waals surface area contributed by atoms with E-state index in [-0.39, 0.29) is 6.03 Å². The highest BCUT2D eigenvalue weighted by atomic mass is 35.5. The standard InChI is InChI=1S/C19H19ClN4O2/c20-16-6-8-17(9-7-16)26-13-11-21-19(25)22-18-10-12-24(23-18)14-15-4-2-1-3-5-15/h1-10,12H,11,13-14H2,(H2,21,22,23,25). The van der Waals surface area contributed by atoms with E-state index >= 15 is 0 Å². The Morgan fingerprint density at radius 2 is 1.85 bits per heavy atom. The van der Waals surface area contributed by atoms with Gasteiger partial charge in [0.15, 0.2) is 5.82 Å². The van der Waals surface area contributed by atoms with E-state index in [1.165, 1.54) is 0 Å². The molecule has 0 aliphatic heterocycles. The third-order valence-corrected chi connectivity index (χ3v) is 3.79. The summed E-state index contributed by atoms with van der Waals surface area (Å²) in [5, 5.41) is 10.4. The zero-order chi connectivity index (χ0) is 18.2. The fourth-order valence-corrected chi connectivity index (χ4v) is 2.44. The molecule has 0 radical (unpaired) electrons. The number of ether oxygens (including phenoxy) is 1. The van der Waals surface area contributed by atoms with Crippen LogP contribution in [0.25, 0.3) is 0 Å². The number of amides is 2. The first-order valence-corrected chi connectivity index (χ1v) is 8.57. The highest BCUT2D eigenvalue weighted by Crippen LogP contribution is 2.15. The molecule has 0 atom stereocenters. The molecular weight excluding hydrogens is 352 g/mol. The molecule has 1 heterocycles. The van der Waals surface area contributed by atoms with Crippen molar-refractivity contribution in [1.82, 2.24) is 15.1 Å². The van der Waals surface area contributed by atoms with Crippen LogP contribution in [0.1, 0.15) is 5.56 Å². The Morgan fingerprint density at radius 1 is 1.08 bits per heavy atom. The molecule has 0 aliphatic carbocycles. The number of nitrogens with one attached hydrogen (secondary N) is 2. The SMILES string of the molecule is O=C(NCCOc1ccc(Cl)cc1)Nc1ccn(Cc2ccccc2)n1. The van der Waals surface area contributed by atoms with Crippen LogP contribution >= 0.6 is 11.6 Å². The summed E-state index contributed by atoms with van der Waals surface area (Å²) in [6, 6.07) is 18.5. The quantitative estimate of drug-likeness (QED) is 0.622. The van der Waals surface area contributed by atoms with Gasteiger partial charge in [-0.2, -0.15) is 5.10 Å². The van der Waals surface area contributed by atoms with Crippen LogP contribution in [0.15, 0.2) is 66.9 Å². The zero-order valence-electron chi connectivity index (χ0n) is 14.1. The number of anilines is 1. The maximum Gasteiger partial charge on any atom is 0.320 e. The monoisotopic (exact) mass is 370 g/mol. The van der Waals surface area contributed by atoms with Crippen molar-refractivity contribution in [1.29, 1.82) is 0 Å². The van der Waals surface area contributed by atoms with Crippen molar-refractivity contribution in [2.45, 2.75) is 6.54 Å². The first-order valence-electron chi connectivity index (χ1n) is 8.20. The molecule has 26 heavy (non-hydrogen) atoms. The normalized spacial score (nSPS) is 10.3. The number of hydrogen-bond acceptors (Lipinski definition) is 3. The van der Waals surface area contributed by atoms with Crippen LogP contribution in [0.4, 0.5) is 10.6 Å². The Morgan fingerprint density at radius 3 is 2.62 bits per heavy atom. The maximum atomic E-state index is 11.9. The second-order valence-corrected chi connectivity index (χ2v) is 6.00. The summed E-state index contributed by atoms with van der Waals surface area (Å²) in [5.74, 6) is 1.20. The first-order chi connectivity index (χ1) is 12.7. The number of carbonyl (C=O) groups excluding carboxylic acids is 1. The average molecular weight is 371 g/mol. The van der Waals surface area contributed by atoms with Gasteiger partial charge in [-0.15, -0.1) is 0 Å². The number of benzene rings is 2. The minimum absolute atomic E-state index is 0.324. The molecule has 3 aromatic rings. The van der Waals surface area contributed by atoms with E-state index in [2.05, 4.69) is 15.7 Å². The van der Waals surface area contributed by atoms with Crippen molar-refractivity contribution in [3.63, 3.8) is 0 Å². The van der Waals surface area contributed by atoms with E-state index in [9.17, 15) is 4.79 Å². The zero-order valence-corrected chi connectivity index (χ0v) is 14.8. The fourth-order valence-electron chi connectivity index (χ4n) is 2.31. The first kappa shape index (κ1) is 17.8. The van der Waals surface area contributed by atoms with E-state index < -0.39 is 0 Å². The van der Waals surface area contributed by atoms with Crippen LogP contribution in [0.3, 0.4) is 0 Å². The van der Waals surface area contributed by atoms with Gasteiger partial charge in [-0.1, -0.05) is 41.9 Å². The maximum absolute atomic E-state index is 11.9. The van der Waals surface area contributed by atoms with E-state index in [1.807, 2.05) is 36.5 Å². The predicted octanol–water partition coefficient (Wildman–Crippen LogP) is 3.79. The van der Waals surface area contributed by atoms with Crippen molar-refractivity contribution in [3.8, 4) is 5.75 Å². The van der Waals surface area contributed by atoms with Crippen LogP contribution < -0.4 is 15.4 Å². The van der Waals surface area contributed by atoms with E-state index in [1.54, 1.807) is 35.0 Å². The third kappa shape index (κ3) is 5.53. The van der Waals surface area contributed by atoms with Crippen molar-refractivity contribution >= 4 is 23.4 Å². The molecular formula is C19H19ClN4O2. The van der Waals surface area contributed by atoms with Gasteiger partial charge >= 0.3 is 6.03 Å². The van der Waals surface area contributed by atoms with Gasteiger partial charge in [0.1, 0.15) is 12.4 Å². The van der Waals surface area contributed by atoms with Gasteiger partial charge in [-0.3, -0.25) is 10.00 Å². The number of carbonyl (C=O) groups is 1. The highest BCUT2D eigenvalue weighted by Gasteiger charge is 2.05. The van der Waals surface area contributed by atoms with Crippen LogP contribution in [0.2, 0.25) is 5.02 Å². The molecule has 0 fully saturated rings. The molecule has 0 saturated heterocycles. The Hall–Kier alpha value is -2.99. The lowest BCUT2D eigenvalue weighted by molar-refractivity contribution is 0.247. The number of aromatic nitrogens is 2.